The Hall–Kier alpha value is -2.60. The van der Waals surface area contributed by atoms with Gasteiger partial charge < -0.3 is 8.83 Å². The fourth-order valence-corrected chi connectivity index (χ4v) is 2.99. The molecule has 2 aromatic carbocycles. The van der Waals surface area contributed by atoms with Gasteiger partial charge in [0.15, 0.2) is 5.58 Å². The number of hydrogen-bond donors (Lipinski definition) is 0. The van der Waals surface area contributed by atoms with Crippen molar-refractivity contribution < 1.29 is 8.83 Å². The smallest absolute Gasteiger partial charge is 0.257 e. The molecule has 0 aliphatic carbocycles. The summed E-state index contributed by atoms with van der Waals surface area (Å²) in [6, 6.07) is 17.4. The molecule has 0 aliphatic rings. The van der Waals surface area contributed by atoms with E-state index in [-0.39, 0.29) is 5.25 Å². The van der Waals surface area contributed by atoms with Gasteiger partial charge in [-0.2, -0.15) is 0 Å². The summed E-state index contributed by atoms with van der Waals surface area (Å²) in [5.74, 6) is 1.07. The highest BCUT2D eigenvalue weighted by Gasteiger charge is 2.19. The molecule has 0 saturated heterocycles. The number of fused-ring (bicyclic) bond motifs is 1. The molecular formula is C17H13N3O2S. The number of oxazole rings is 1. The van der Waals surface area contributed by atoms with Crippen molar-refractivity contribution in [2.45, 2.75) is 17.4 Å². The molecule has 0 bridgehead atoms. The van der Waals surface area contributed by atoms with Crippen LogP contribution >= 0.6 is 11.8 Å². The second-order valence-corrected chi connectivity index (χ2v) is 6.31. The number of aromatic nitrogens is 3. The number of para-hydroxylation sites is 2. The van der Waals surface area contributed by atoms with E-state index in [9.17, 15) is 0 Å². The first-order chi connectivity index (χ1) is 11.3. The van der Waals surface area contributed by atoms with E-state index < -0.39 is 0 Å². The van der Waals surface area contributed by atoms with Crippen molar-refractivity contribution in [2.75, 3.05) is 0 Å². The highest BCUT2D eigenvalue weighted by atomic mass is 32.2. The van der Waals surface area contributed by atoms with E-state index in [1.165, 1.54) is 11.8 Å². The van der Waals surface area contributed by atoms with Crippen LogP contribution in [0.25, 0.3) is 22.6 Å². The third kappa shape index (κ3) is 2.85. The topological polar surface area (TPSA) is 65.0 Å². The lowest BCUT2D eigenvalue weighted by Gasteiger charge is -2.01. The fourth-order valence-electron chi connectivity index (χ4n) is 2.20. The molecule has 2 heterocycles. The van der Waals surface area contributed by atoms with E-state index in [1.807, 2.05) is 61.5 Å². The van der Waals surface area contributed by atoms with Crippen LogP contribution in [0.15, 0.2) is 68.7 Å². The molecule has 4 aromatic rings. The first-order valence-electron chi connectivity index (χ1n) is 7.20. The van der Waals surface area contributed by atoms with Gasteiger partial charge in [0.25, 0.3) is 5.22 Å². The van der Waals surface area contributed by atoms with Crippen LogP contribution in [0.3, 0.4) is 0 Å². The predicted octanol–water partition coefficient (Wildman–Crippen LogP) is 4.73. The Morgan fingerprint density at radius 2 is 1.70 bits per heavy atom. The Balaban J connectivity index is 1.55. The van der Waals surface area contributed by atoms with E-state index in [4.69, 9.17) is 8.83 Å². The molecule has 114 valence electrons. The summed E-state index contributed by atoms with van der Waals surface area (Å²) >= 11 is 1.46. The van der Waals surface area contributed by atoms with Gasteiger partial charge in [-0.25, -0.2) is 4.98 Å². The van der Waals surface area contributed by atoms with Crippen molar-refractivity contribution >= 4 is 22.9 Å². The summed E-state index contributed by atoms with van der Waals surface area (Å²) in [7, 11) is 0. The van der Waals surface area contributed by atoms with Gasteiger partial charge in [-0.1, -0.05) is 42.1 Å². The van der Waals surface area contributed by atoms with Crippen molar-refractivity contribution in [3.8, 4) is 11.5 Å². The maximum absolute atomic E-state index is 5.77. The monoisotopic (exact) mass is 323 g/mol. The quantitative estimate of drug-likeness (QED) is 0.506. The fraction of sp³-hybridized carbons (Fsp3) is 0.118. The van der Waals surface area contributed by atoms with Crippen LogP contribution < -0.4 is 0 Å². The number of rotatable bonds is 4. The van der Waals surface area contributed by atoms with Gasteiger partial charge in [0.2, 0.25) is 11.8 Å². The average Bonchev–Trinajstić information content (AvgIpc) is 3.22. The zero-order valence-electron chi connectivity index (χ0n) is 12.3. The number of nitrogens with zero attached hydrogens (tertiary/aromatic N) is 3. The van der Waals surface area contributed by atoms with Crippen molar-refractivity contribution in [2.24, 2.45) is 0 Å². The van der Waals surface area contributed by atoms with Crippen LogP contribution in [-0.4, -0.2) is 15.2 Å². The number of benzene rings is 2. The van der Waals surface area contributed by atoms with Crippen molar-refractivity contribution in [1.29, 1.82) is 0 Å². The van der Waals surface area contributed by atoms with Crippen LogP contribution in [0.4, 0.5) is 0 Å². The molecular weight excluding hydrogens is 310 g/mol. The molecule has 0 aliphatic heterocycles. The van der Waals surface area contributed by atoms with Gasteiger partial charge in [-0.15, -0.1) is 10.2 Å². The van der Waals surface area contributed by atoms with E-state index in [1.54, 1.807) is 0 Å². The Labute approximate surface area is 136 Å². The van der Waals surface area contributed by atoms with E-state index in [0.29, 0.717) is 17.0 Å². The highest BCUT2D eigenvalue weighted by molar-refractivity contribution is 7.99. The normalized spacial score (nSPS) is 12.6. The molecule has 0 spiro atoms. The number of hydrogen-bond acceptors (Lipinski definition) is 6. The zero-order valence-corrected chi connectivity index (χ0v) is 13.2. The molecule has 6 heteroatoms. The van der Waals surface area contributed by atoms with Gasteiger partial charge in [0.1, 0.15) is 5.52 Å². The average molecular weight is 323 g/mol. The minimum Gasteiger partial charge on any atom is -0.431 e. The maximum Gasteiger partial charge on any atom is 0.257 e. The molecule has 23 heavy (non-hydrogen) atoms. The number of thioether (sulfide) groups is 1. The van der Waals surface area contributed by atoms with Crippen LogP contribution in [0.5, 0.6) is 0 Å². The van der Waals surface area contributed by atoms with Gasteiger partial charge in [0, 0.05) is 5.56 Å². The summed E-state index contributed by atoms with van der Waals surface area (Å²) in [6.45, 7) is 1.99. The Morgan fingerprint density at radius 1 is 0.913 bits per heavy atom. The summed E-state index contributed by atoms with van der Waals surface area (Å²) < 4.78 is 11.5. The second-order valence-electron chi connectivity index (χ2n) is 5.02. The molecule has 2 aromatic heterocycles. The van der Waals surface area contributed by atoms with E-state index in [2.05, 4.69) is 15.2 Å². The van der Waals surface area contributed by atoms with Gasteiger partial charge >= 0.3 is 0 Å². The third-order valence-corrected chi connectivity index (χ3v) is 4.29. The van der Waals surface area contributed by atoms with Crippen molar-refractivity contribution in [3.63, 3.8) is 0 Å². The second kappa shape index (κ2) is 5.89. The minimum absolute atomic E-state index is 0.0481. The molecule has 5 nitrogen and oxygen atoms in total. The first kappa shape index (κ1) is 14.0. The van der Waals surface area contributed by atoms with E-state index in [0.717, 1.165) is 16.7 Å². The zero-order chi connectivity index (χ0) is 15.6. The molecule has 0 fully saturated rings. The van der Waals surface area contributed by atoms with Gasteiger partial charge in [-0.05, 0) is 31.2 Å². The summed E-state index contributed by atoms with van der Waals surface area (Å²) in [5, 5.41) is 8.79. The largest absolute Gasteiger partial charge is 0.431 e. The first-order valence-corrected chi connectivity index (χ1v) is 8.08. The van der Waals surface area contributed by atoms with Gasteiger partial charge in [0.05, 0.1) is 5.25 Å². The van der Waals surface area contributed by atoms with E-state index >= 15 is 0 Å². The lowest BCUT2D eigenvalue weighted by molar-refractivity contribution is 0.481. The third-order valence-electron chi connectivity index (χ3n) is 3.36. The SMILES string of the molecule is C[C@H](Sc1nc2ccccc2o1)c1nnc(-c2ccccc2)o1. The van der Waals surface area contributed by atoms with Crippen LogP contribution in [0.1, 0.15) is 18.1 Å². The van der Waals surface area contributed by atoms with Crippen molar-refractivity contribution in [1.82, 2.24) is 15.2 Å². The lowest BCUT2D eigenvalue weighted by Crippen LogP contribution is -1.88. The standard InChI is InChI=1S/C17H13N3O2S/c1-11(23-17-18-13-9-5-6-10-14(13)21-17)15-19-20-16(22-15)12-7-3-2-4-8-12/h2-11H,1H3/t11-/m0/s1. The lowest BCUT2D eigenvalue weighted by atomic mass is 10.2. The maximum atomic E-state index is 5.77. The van der Waals surface area contributed by atoms with Crippen molar-refractivity contribution in [3.05, 3.63) is 60.5 Å². The molecule has 0 amide bonds. The predicted molar refractivity (Wildman–Crippen MR) is 88.0 cm³/mol. The molecule has 1 atom stereocenters. The molecule has 0 saturated carbocycles. The van der Waals surface area contributed by atoms with Crippen LogP contribution in [-0.2, 0) is 0 Å². The minimum atomic E-state index is -0.0481. The summed E-state index contributed by atoms with van der Waals surface area (Å²) in [6.07, 6.45) is 0. The molecule has 4 rings (SSSR count). The summed E-state index contributed by atoms with van der Waals surface area (Å²) in [4.78, 5) is 4.45. The molecule has 0 radical (unpaired) electrons. The van der Waals surface area contributed by atoms with Crippen LogP contribution in [0, 0.1) is 0 Å². The van der Waals surface area contributed by atoms with Crippen LogP contribution in [0.2, 0.25) is 0 Å². The Kier molecular flexibility index (Phi) is 3.59. The summed E-state index contributed by atoms with van der Waals surface area (Å²) in [5.41, 5.74) is 2.53. The van der Waals surface area contributed by atoms with Gasteiger partial charge in [-0.3, -0.25) is 0 Å². The molecule has 0 N–H and O–H groups in total. The molecule has 0 unspecified atom stereocenters. The Morgan fingerprint density at radius 3 is 2.52 bits per heavy atom. The highest BCUT2D eigenvalue weighted by Crippen LogP contribution is 2.35. The Bertz CT molecular complexity index is 900.